The van der Waals surface area contributed by atoms with Gasteiger partial charge in [0.2, 0.25) is 12.3 Å². The lowest BCUT2D eigenvalue weighted by atomic mass is 10.0. The maximum Gasteiger partial charge on any atom is 0.246 e. The van der Waals surface area contributed by atoms with Crippen LogP contribution in [0.3, 0.4) is 0 Å². The summed E-state index contributed by atoms with van der Waals surface area (Å²) in [7, 11) is 1.65. The van der Waals surface area contributed by atoms with Gasteiger partial charge in [-0.1, -0.05) is 44.2 Å². The molecule has 2 aromatic heterocycles. The second kappa shape index (κ2) is 12.4. The van der Waals surface area contributed by atoms with Gasteiger partial charge in [-0.15, -0.1) is 0 Å². The summed E-state index contributed by atoms with van der Waals surface area (Å²) in [6.07, 6.45) is 3.65. The molecular weight excluding hydrogens is 531 g/mol. The summed E-state index contributed by atoms with van der Waals surface area (Å²) in [5.74, 6) is 0.175. The Balaban J connectivity index is 1.92. The number of nitrogens with zero attached hydrogens (tertiary/aromatic N) is 6. The highest BCUT2D eigenvalue weighted by Gasteiger charge is 2.32. The third kappa shape index (κ3) is 5.60. The summed E-state index contributed by atoms with van der Waals surface area (Å²) in [6.45, 7) is 11.0. The van der Waals surface area contributed by atoms with Gasteiger partial charge in [-0.3, -0.25) is 24.5 Å². The molecule has 0 radical (unpaired) electrons. The third-order valence-electron chi connectivity index (χ3n) is 6.88. The highest BCUT2D eigenvalue weighted by molar-refractivity contribution is 6.33. The Morgan fingerprint density at radius 2 is 2.00 bits per heavy atom. The van der Waals surface area contributed by atoms with Crippen LogP contribution in [-0.2, 0) is 9.59 Å². The standard InChI is InChI=1S/C30H32ClFN6O2/c1-6-26(40)36-14-15-37(20(4)17-36)29(33-5)22-16-23(31)28(21-10-7-8-11-24(21)32)35-30(22)38(18-39)25-12-9-13-34-27(25)19(2)3/h6-13,16,18-20H,1,14-15,17H2,2-5H3. The molecule has 3 heterocycles. The van der Waals surface area contributed by atoms with Crippen molar-refractivity contribution in [3.05, 3.63) is 83.4 Å². The molecule has 1 aliphatic rings. The van der Waals surface area contributed by atoms with Crippen molar-refractivity contribution in [2.45, 2.75) is 32.7 Å². The van der Waals surface area contributed by atoms with Crippen molar-refractivity contribution < 1.29 is 14.0 Å². The van der Waals surface area contributed by atoms with Crippen LogP contribution in [0.2, 0.25) is 5.02 Å². The minimum absolute atomic E-state index is 0.00949. The van der Waals surface area contributed by atoms with Gasteiger partial charge in [-0.25, -0.2) is 9.37 Å². The first-order valence-corrected chi connectivity index (χ1v) is 13.4. The van der Waals surface area contributed by atoms with Crippen LogP contribution in [0.4, 0.5) is 15.9 Å². The first kappa shape index (κ1) is 28.9. The Labute approximate surface area is 238 Å². The Morgan fingerprint density at radius 3 is 2.62 bits per heavy atom. The smallest absolute Gasteiger partial charge is 0.246 e. The van der Waals surface area contributed by atoms with Crippen LogP contribution in [0.25, 0.3) is 11.3 Å². The Bertz CT molecular complexity index is 1460. The van der Waals surface area contributed by atoms with Crippen molar-refractivity contribution in [3.63, 3.8) is 0 Å². The van der Waals surface area contributed by atoms with Crippen molar-refractivity contribution in [1.29, 1.82) is 0 Å². The van der Waals surface area contributed by atoms with E-state index in [2.05, 4.69) is 21.5 Å². The van der Waals surface area contributed by atoms with Gasteiger partial charge in [0.05, 0.1) is 27.7 Å². The molecule has 1 aromatic carbocycles. The average molecular weight is 563 g/mol. The summed E-state index contributed by atoms with van der Waals surface area (Å²) in [6, 6.07) is 11.3. The van der Waals surface area contributed by atoms with Gasteiger partial charge in [-0.2, -0.15) is 0 Å². The molecule has 2 amide bonds. The van der Waals surface area contributed by atoms with E-state index in [0.29, 0.717) is 48.8 Å². The fourth-order valence-corrected chi connectivity index (χ4v) is 5.21. The lowest BCUT2D eigenvalue weighted by Gasteiger charge is -2.41. The van der Waals surface area contributed by atoms with Crippen LogP contribution in [0.1, 0.15) is 37.9 Å². The number of amidine groups is 1. The fourth-order valence-electron chi connectivity index (χ4n) is 4.95. The highest BCUT2D eigenvalue weighted by Crippen LogP contribution is 2.37. The monoisotopic (exact) mass is 562 g/mol. The van der Waals surface area contributed by atoms with E-state index < -0.39 is 5.82 Å². The van der Waals surface area contributed by atoms with Crippen molar-refractivity contribution in [2.24, 2.45) is 4.99 Å². The van der Waals surface area contributed by atoms with E-state index in [1.165, 1.54) is 17.0 Å². The Morgan fingerprint density at radius 1 is 1.25 bits per heavy atom. The summed E-state index contributed by atoms with van der Waals surface area (Å²) < 4.78 is 14.9. The third-order valence-corrected chi connectivity index (χ3v) is 7.17. The molecular formula is C30H32ClFN6O2. The summed E-state index contributed by atoms with van der Waals surface area (Å²) in [5, 5.41) is 0.208. The first-order valence-electron chi connectivity index (χ1n) is 13.0. The SMILES string of the molecule is C=CC(=O)N1CCN(C(=NC)c2cc(Cl)c(-c3ccccc3F)nc2N(C=O)c2cccnc2C(C)C)C(C)C1. The van der Waals surface area contributed by atoms with E-state index >= 15 is 0 Å². The van der Waals surface area contributed by atoms with Crippen LogP contribution in [0, 0.1) is 5.82 Å². The topological polar surface area (TPSA) is 82.0 Å². The number of rotatable bonds is 7. The second-order valence-corrected chi connectivity index (χ2v) is 10.2. The normalized spacial score (nSPS) is 15.8. The number of anilines is 2. The predicted molar refractivity (Wildman–Crippen MR) is 157 cm³/mol. The van der Waals surface area contributed by atoms with E-state index in [0.717, 1.165) is 0 Å². The number of pyridine rings is 2. The molecule has 0 aliphatic carbocycles. The van der Waals surface area contributed by atoms with Gasteiger partial charge in [0.1, 0.15) is 11.7 Å². The largest absolute Gasteiger partial charge is 0.350 e. The quantitative estimate of drug-likeness (QED) is 0.165. The van der Waals surface area contributed by atoms with Crippen LogP contribution in [-0.4, -0.2) is 70.6 Å². The van der Waals surface area contributed by atoms with E-state index in [-0.39, 0.29) is 40.0 Å². The number of piperazine rings is 1. The molecule has 1 fully saturated rings. The van der Waals surface area contributed by atoms with Crippen LogP contribution in [0.5, 0.6) is 0 Å². The number of aromatic nitrogens is 2. The number of benzene rings is 1. The van der Waals surface area contributed by atoms with Gasteiger partial charge in [0.25, 0.3) is 0 Å². The van der Waals surface area contributed by atoms with Gasteiger partial charge in [-0.05, 0) is 49.2 Å². The zero-order valence-corrected chi connectivity index (χ0v) is 23.8. The fraction of sp³-hybridized carbons (Fsp3) is 0.300. The van der Waals surface area contributed by atoms with Crippen molar-refractivity contribution >= 4 is 41.3 Å². The summed E-state index contributed by atoms with van der Waals surface area (Å²) in [4.78, 5) is 44.1. The van der Waals surface area contributed by atoms with Crippen LogP contribution < -0.4 is 4.90 Å². The van der Waals surface area contributed by atoms with E-state index in [9.17, 15) is 14.0 Å². The van der Waals surface area contributed by atoms with E-state index in [4.69, 9.17) is 16.6 Å². The summed E-state index contributed by atoms with van der Waals surface area (Å²) >= 11 is 6.76. The molecule has 8 nitrogen and oxygen atoms in total. The molecule has 0 spiro atoms. The lowest BCUT2D eigenvalue weighted by molar-refractivity contribution is -0.128. The Hall–Kier alpha value is -4.11. The molecule has 3 aromatic rings. The second-order valence-electron chi connectivity index (χ2n) is 9.79. The number of carbonyl (C=O) groups excluding carboxylic acids is 2. The van der Waals surface area contributed by atoms with Gasteiger partial charge in [0.15, 0.2) is 5.82 Å². The molecule has 10 heteroatoms. The van der Waals surface area contributed by atoms with Crippen molar-refractivity contribution in [3.8, 4) is 11.3 Å². The minimum Gasteiger partial charge on any atom is -0.350 e. The van der Waals surface area contributed by atoms with Gasteiger partial charge < -0.3 is 9.80 Å². The van der Waals surface area contributed by atoms with Crippen LogP contribution in [0.15, 0.2) is 66.3 Å². The number of hydrogen-bond acceptors (Lipinski definition) is 5. The van der Waals surface area contributed by atoms with E-state index in [1.807, 2.05) is 20.8 Å². The molecule has 208 valence electrons. The van der Waals surface area contributed by atoms with E-state index in [1.54, 1.807) is 54.5 Å². The molecule has 1 aliphatic heterocycles. The molecule has 40 heavy (non-hydrogen) atoms. The van der Waals surface area contributed by atoms with Crippen LogP contribution >= 0.6 is 11.6 Å². The minimum atomic E-state index is -0.487. The number of hydrogen-bond donors (Lipinski definition) is 0. The number of carbonyl (C=O) groups is 2. The van der Waals surface area contributed by atoms with Crippen molar-refractivity contribution in [2.75, 3.05) is 31.6 Å². The molecule has 0 bridgehead atoms. The maximum atomic E-state index is 14.9. The Kier molecular flexibility index (Phi) is 8.94. The number of halogens is 2. The zero-order chi connectivity index (χ0) is 29.0. The zero-order valence-electron chi connectivity index (χ0n) is 23.0. The first-order chi connectivity index (χ1) is 19.2. The molecule has 1 unspecified atom stereocenters. The summed E-state index contributed by atoms with van der Waals surface area (Å²) in [5.41, 5.74) is 2.15. The maximum absolute atomic E-state index is 14.9. The molecule has 0 saturated carbocycles. The molecule has 1 saturated heterocycles. The lowest BCUT2D eigenvalue weighted by Crippen LogP contribution is -2.55. The van der Waals surface area contributed by atoms with Gasteiger partial charge in [0, 0.05) is 44.5 Å². The average Bonchev–Trinajstić information content (AvgIpc) is 2.95. The molecule has 4 rings (SSSR count). The van der Waals surface area contributed by atoms with Crippen molar-refractivity contribution in [1.82, 2.24) is 19.8 Å². The van der Waals surface area contributed by atoms with Gasteiger partial charge >= 0.3 is 0 Å². The molecule has 0 N–H and O–H groups in total. The number of aliphatic imine (C=N–C) groups is 1. The predicted octanol–water partition coefficient (Wildman–Crippen LogP) is 5.45. The number of amides is 2. The highest BCUT2D eigenvalue weighted by atomic mass is 35.5. The molecule has 1 atom stereocenters.